The van der Waals surface area contributed by atoms with Crippen LogP contribution in [0.2, 0.25) is 0 Å². The molecule has 3 aromatic rings. The zero-order chi connectivity index (χ0) is 21.9. The molecule has 2 atom stereocenters. The van der Waals surface area contributed by atoms with Gasteiger partial charge in [0.1, 0.15) is 0 Å². The van der Waals surface area contributed by atoms with Crippen LogP contribution in [0.25, 0.3) is 0 Å². The third-order valence-electron chi connectivity index (χ3n) is 5.56. The molecule has 0 fully saturated rings. The molecule has 2 N–H and O–H groups in total. The first-order valence-electron chi connectivity index (χ1n) is 11.4. The van der Waals surface area contributed by atoms with Gasteiger partial charge in [0.2, 0.25) is 0 Å². The van der Waals surface area contributed by atoms with Crippen molar-refractivity contribution >= 4 is 0 Å². The fourth-order valence-electron chi connectivity index (χ4n) is 3.95. The number of nitrogens with one attached hydrogen (secondary N) is 1. The van der Waals surface area contributed by atoms with Crippen molar-refractivity contribution in [1.29, 1.82) is 0 Å². The first kappa shape index (κ1) is 23.2. The number of hydrogen-bond acceptors (Lipinski definition) is 3. The van der Waals surface area contributed by atoms with Crippen molar-refractivity contribution in [1.82, 2.24) is 10.2 Å². The Morgan fingerprint density at radius 2 is 1.13 bits per heavy atom. The molecule has 3 aromatic carbocycles. The Bertz CT molecular complexity index is 810. The first-order chi connectivity index (χ1) is 15.1. The average molecular weight is 417 g/mol. The van der Waals surface area contributed by atoms with Crippen LogP contribution in [0.3, 0.4) is 0 Å². The Balaban J connectivity index is 1.85. The van der Waals surface area contributed by atoms with Crippen LogP contribution in [0.5, 0.6) is 0 Å². The summed E-state index contributed by atoms with van der Waals surface area (Å²) in [6, 6.07) is 31.6. The molecule has 2 unspecified atom stereocenters. The highest BCUT2D eigenvalue weighted by atomic mass is 16.3. The summed E-state index contributed by atoms with van der Waals surface area (Å²) < 4.78 is 0. The Morgan fingerprint density at radius 3 is 1.58 bits per heavy atom. The van der Waals surface area contributed by atoms with Gasteiger partial charge in [-0.3, -0.25) is 4.90 Å². The Kier molecular flexibility index (Phi) is 9.29. The number of benzene rings is 3. The summed E-state index contributed by atoms with van der Waals surface area (Å²) in [5.41, 5.74) is 3.78. The van der Waals surface area contributed by atoms with Crippen LogP contribution in [0.4, 0.5) is 0 Å². The minimum atomic E-state index is -0.466. The normalized spacial score (nSPS) is 13.5. The zero-order valence-corrected chi connectivity index (χ0v) is 18.8. The van der Waals surface area contributed by atoms with Crippen LogP contribution in [0.1, 0.15) is 30.5 Å². The molecule has 0 aliphatic rings. The van der Waals surface area contributed by atoms with Gasteiger partial charge < -0.3 is 10.4 Å². The Labute approximate surface area is 187 Å². The van der Waals surface area contributed by atoms with Gasteiger partial charge in [-0.2, -0.15) is 0 Å². The maximum absolute atomic E-state index is 11.3. The fourth-order valence-corrected chi connectivity index (χ4v) is 3.95. The van der Waals surface area contributed by atoms with Gasteiger partial charge in [0.25, 0.3) is 0 Å². The maximum Gasteiger partial charge on any atom is 0.0822 e. The van der Waals surface area contributed by atoms with Gasteiger partial charge in [0, 0.05) is 25.7 Å². The van der Waals surface area contributed by atoms with Crippen molar-refractivity contribution in [3.8, 4) is 0 Å². The van der Waals surface area contributed by atoms with Crippen LogP contribution in [0, 0.1) is 5.92 Å². The number of rotatable bonds is 12. The van der Waals surface area contributed by atoms with E-state index in [1.165, 1.54) is 16.7 Å². The summed E-state index contributed by atoms with van der Waals surface area (Å²) in [6.07, 6.45) is 0.344. The van der Waals surface area contributed by atoms with Crippen LogP contribution >= 0.6 is 0 Å². The quantitative estimate of drug-likeness (QED) is 0.440. The van der Waals surface area contributed by atoms with E-state index in [-0.39, 0.29) is 6.04 Å². The van der Waals surface area contributed by atoms with E-state index in [1.54, 1.807) is 0 Å². The largest absolute Gasteiger partial charge is 0.390 e. The molecule has 31 heavy (non-hydrogen) atoms. The summed E-state index contributed by atoms with van der Waals surface area (Å²) in [4.78, 5) is 2.43. The van der Waals surface area contributed by atoms with E-state index in [2.05, 4.69) is 109 Å². The monoisotopic (exact) mass is 416 g/mol. The second kappa shape index (κ2) is 12.4. The van der Waals surface area contributed by atoms with Gasteiger partial charge in [0.05, 0.1) is 6.10 Å². The molecule has 0 spiro atoms. The molecule has 3 rings (SSSR count). The summed E-state index contributed by atoms with van der Waals surface area (Å²) in [6.45, 7) is 7.49. The van der Waals surface area contributed by atoms with Gasteiger partial charge >= 0.3 is 0 Å². The third kappa shape index (κ3) is 7.95. The zero-order valence-electron chi connectivity index (χ0n) is 18.8. The second-order valence-corrected chi connectivity index (χ2v) is 8.75. The van der Waals surface area contributed by atoms with Gasteiger partial charge in [-0.15, -0.1) is 0 Å². The van der Waals surface area contributed by atoms with E-state index in [4.69, 9.17) is 0 Å². The molecule has 0 amide bonds. The lowest BCUT2D eigenvalue weighted by Crippen LogP contribution is -2.48. The molecule has 0 bridgehead atoms. The highest BCUT2D eigenvalue weighted by molar-refractivity contribution is 5.20. The molecule has 0 aliphatic carbocycles. The average Bonchev–Trinajstić information content (AvgIpc) is 2.79. The fraction of sp³-hybridized carbons (Fsp3) is 0.357. The van der Waals surface area contributed by atoms with Crippen molar-refractivity contribution in [2.45, 2.75) is 45.5 Å². The molecule has 0 heterocycles. The van der Waals surface area contributed by atoms with E-state index < -0.39 is 6.10 Å². The lowest BCUT2D eigenvalue weighted by molar-refractivity contribution is 0.0390. The molecule has 0 saturated heterocycles. The molecule has 164 valence electrons. The SMILES string of the molecule is CC(C)CNCC(O)C(Cc1ccccc1)N(Cc1ccccc1)Cc1ccccc1. The number of hydrogen-bond donors (Lipinski definition) is 2. The topological polar surface area (TPSA) is 35.5 Å². The molecule has 0 aliphatic heterocycles. The molecule has 3 nitrogen and oxygen atoms in total. The van der Waals surface area contributed by atoms with Crippen LogP contribution in [0.15, 0.2) is 91.0 Å². The van der Waals surface area contributed by atoms with Gasteiger partial charge in [-0.05, 0) is 35.6 Å². The Morgan fingerprint density at radius 1 is 0.677 bits per heavy atom. The van der Waals surface area contributed by atoms with Crippen molar-refractivity contribution in [2.24, 2.45) is 5.92 Å². The minimum absolute atomic E-state index is 0.00229. The lowest BCUT2D eigenvalue weighted by Gasteiger charge is -2.36. The van der Waals surface area contributed by atoms with E-state index in [9.17, 15) is 5.11 Å². The van der Waals surface area contributed by atoms with Crippen molar-refractivity contribution < 1.29 is 5.11 Å². The lowest BCUT2D eigenvalue weighted by atomic mass is 9.97. The third-order valence-corrected chi connectivity index (χ3v) is 5.56. The van der Waals surface area contributed by atoms with Crippen molar-refractivity contribution in [2.75, 3.05) is 13.1 Å². The minimum Gasteiger partial charge on any atom is -0.390 e. The van der Waals surface area contributed by atoms with Gasteiger partial charge in [-0.1, -0.05) is 105 Å². The first-order valence-corrected chi connectivity index (χ1v) is 11.4. The van der Waals surface area contributed by atoms with E-state index >= 15 is 0 Å². The maximum atomic E-state index is 11.3. The van der Waals surface area contributed by atoms with Gasteiger partial charge in [-0.25, -0.2) is 0 Å². The molecule has 0 radical (unpaired) electrons. The standard InChI is InChI=1S/C28H36N2O/c1-23(2)19-29-20-28(31)27(18-24-12-6-3-7-13-24)30(21-25-14-8-4-9-15-25)22-26-16-10-5-11-17-26/h3-17,23,27-29,31H,18-22H2,1-2H3. The predicted octanol–water partition coefficient (Wildman–Crippen LogP) is 4.91. The van der Waals surface area contributed by atoms with Crippen LogP contribution in [-0.4, -0.2) is 35.2 Å². The van der Waals surface area contributed by atoms with Gasteiger partial charge in [0.15, 0.2) is 0 Å². The number of aliphatic hydroxyl groups is 1. The molecular weight excluding hydrogens is 380 g/mol. The summed E-state index contributed by atoms with van der Waals surface area (Å²) >= 11 is 0. The van der Waals surface area contributed by atoms with E-state index in [1.807, 2.05) is 6.07 Å². The van der Waals surface area contributed by atoms with Crippen molar-refractivity contribution in [3.05, 3.63) is 108 Å². The summed E-state index contributed by atoms with van der Waals surface area (Å²) in [5, 5.41) is 14.8. The number of aliphatic hydroxyl groups excluding tert-OH is 1. The second-order valence-electron chi connectivity index (χ2n) is 8.75. The summed E-state index contributed by atoms with van der Waals surface area (Å²) in [7, 11) is 0. The smallest absolute Gasteiger partial charge is 0.0822 e. The van der Waals surface area contributed by atoms with Crippen molar-refractivity contribution in [3.63, 3.8) is 0 Å². The molecule has 0 saturated carbocycles. The molecule has 3 heteroatoms. The van der Waals surface area contributed by atoms with Crippen LogP contribution in [-0.2, 0) is 19.5 Å². The highest BCUT2D eigenvalue weighted by Crippen LogP contribution is 2.19. The molecular formula is C28H36N2O. The van der Waals surface area contributed by atoms with Crippen LogP contribution < -0.4 is 5.32 Å². The number of nitrogens with zero attached hydrogens (tertiary/aromatic N) is 1. The Hall–Kier alpha value is -2.46. The molecule has 0 aromatic heterocycles. The highest BCUT2D eigenvalue weighted by Gasteiger charge is 2.27. The van der Waals surface area contributed by atoms with E-state index in [0.717, 1.165) is 26.1 Å². The summed E-state index contributed by atoms with van der Waals surface area (Å²) in [5.74, 6) is 0.560. The predicted molar refractivity (Wildman–Crippen MR) is 130 cm³/mol. The van der Waals surface area contributed by atoms with E-state index in [0.29, 0.717) is 12.5 Å².